The number of amides is 1. The minimum Gasteiger partial charge on any atom is -0.462 e. The van der Waals surface area contributed by atoms with Crippen LogP contribution in [0.3, 0.4) is 0 Å². The van der Waals surface area contributed by atoms with Crippen LogP contribution in [0.15, 0.2) is 51.8 Å². The van der Waals surface area contributed by atoms with Crippen LogP contribution in [0.2, 0.25) is 0 Å². The second-order valence-electron chi connectivity index (χ2n) is 5.25. The zero-order valence-electron chi connectivity index (χ0n) is 14.2. The van der Waals surface area contributed by atoms with Crippen molar-refractivity contribution in [2.45, 2.75) is 11.8 Å². The number of anilines is 1. The fourth-order valence-corrected chi connectivity index (χ4v) is 4.09. The topological polar surface area (TPSA) is 102 Å². The number of sulfonamides is 1. The molecule has 0 aliphatic heterocycles. The van der Waals surface area contributed by atoms with Crippen molar-refractivity contribution >= 4 is 43.5 Å². The lowest BCUT2D eigenvalue weighted by Crippen LogP contribution is -2.33. The molecule has 0 saturated heterocycles. The Morgan fingerprint density at radius 3 is 2.41 bits per heavy atom. The fraction of sp³-hybridized carbons (Fsp3) is 0.176. The van der Waals surface area contributed by atoms with E-state index in [1.165, 1.54) is 42.5 Å². The van der Waals surface area contributed by atoms with Gasteiger partial charge in [0.2, 0.25) is 15.9 Å². The molecule has 2 aromatic rings. The number of carbonyl (C=O) groups is 2. The third kappa shape index (κ3) is 5.84. The Morgan fingerprint density at radius 2 is 1.81 bits per heavy atom. The minimum absolute atomic E-state index is 0.134. The maximum absolute atomic E-state index is 12.8. The SMILES string of the molecule is CCOC(=O)c1ccc(S(=O)(=O)NCC(=O)Nc2ccc(F)cc2)c(Br)c1. The Bertz CT molecular complexity index is 948. The molecule has 0 saturated carbocycles. The van der Waals surface area contributed by atoms with E-state index < -0.39 is 34.3 Å². The maximum atomic E-state index is 12.8. The second kappa shape index (κ2) is 9.07. The van der Waals surface area contributed by atoms with Gasteiger partial charge >= 0.3 is 5.97 Å². The Morgan fingerprint density at radius 1 is 1.15 bits per heavy atom. The molecule has 10 heteroatoms. The van der Waals surface area contributed by atoms with Gasteiger partial charge in [0.15, 0.2) is 0 Å². The zero-order chi connectivity index (χ0) is 20.0. The lowest BCUT2D eigenvalue weighted by Gasteiger charge is -2.10. The molecule has 2 aromatic carbocycles. The van der Waals surface area contributed by atoms with E-state index in [1.54, 1.807) is 6.92 Å². The Hall–Kier alpha value is -2.30. The molecule has 144 valence electrons. The average molecular weight is 459 g/mol. The van der Waals surface area contributed by atoms with Gasteiger partial charge in [-0.25, -0.2) is 22.3 Å². The molecular weight excluding hydrogens is 443 g/mol. The summed E-state index contributed by atoms with van der Waals surface area (Å²) < 4.78 is 44.8. The van der Waals surface area contributed by atoms with Crippen LogP contribution in [0.25, 0.3) is 0 Å². The lowest BCUT2D eigenvalue weighted by atomic mass is 10.2. The fourth-order valence-electron chi connectivity index (χ4n) is 2.04. The van der Waals surface area contributed by atoms with E-state index in [-0.39, 0.29) is 21.5 Å². The quantitative estimate of drug-likeness (QED) is 0.621. The van der Waals surface area contributed by atoms with E-state index >= 15 is 0 Å². The van der Waals surface area contributed by atoms with Crippen molar-refractivity contribution in [1.82, 2.24) is 4.72 Å². The number of halogens is 2. The summed E-state index contributed by atoms with van der Waals surface area (Å²) in [5.41, 5.74) is 0.525. The number of hydrogen-bond acceptors (Lipinski definition) is 5. The molecule has 0 atom stereocenters. The molecule has 0 unspecified atom stereocenters. The first-order valence-corrected chi connectivity index (χ1v) is 10.0. The van der Waals surface area contributed by atoms with Crippen molar-refractivity contribution in [3.8, 4) is 0 Å². The van der Waals surface area contributed by atoms with Crippen molar-refractivity contribution in [3.05, 3.63) is 58.3 Å². The van der Waals surface area contributed by atoms with E-state index in [9.17, 15) is 22.4 Å². The summed E-state index contributed by atoms with van der Waals surface area (Å²) in [6, 6.07) is 8.92. The van der Waals surface area contributed by atoms with Crippen molar-refractivity contribution < 1.29 is 27.1 Å². The first kappa shape index (κ1) is 21.0. The van der Waals surface area contributed by atoms with Crippen LogP contribution in [0.1, 0.15) is 17.3 Å². The summed E-state index contributed by atoms with van der Waals surface area (Å²) in [5.74, 6) is -1.65. The second-order valence-corrected chi connectivity index (χ2v) is 7.84. The van der Waals surface area contributed by atoms with Crippen molar-refractivity contribution in [3.63, 3.8) is 0 Å². The molecule has 2 N–H and O–H groups in total. The number of rotatable bonds is 7. The molecule has 0 radical (unpaired) electrons. The minimum atomic E-state index is -4.01. The van der Waals surface area contributed by atoms with Crippen LogP contribution in [-0.2, 0) is 19.6 Å². The number of ether oxygens (including phenoxy) is 1. The molecule has 0 aliphatic rings. The molecule has 2 rings (SSSR count). The van der Waals surface area contributed by atoms with Crippen LogP contribution < -0.4 is 10.0 Å². The van der Waals surface area contributed by atoms with Crippen molar-refractivity contribution in [2.75, 3.05) is 18.5 Å². The van der Waals surface area contributed by atoms with Crippen molar-refractivity contribution in [2.24, 2.45) is 0 Å². The molecule has 7 nitrogen and oxygen atoms in total. The van der Waals surface area contributed by atoms with Crippen LogP contribution in [0.4, 0.5) is 10.1 Å². The number of benzene rings is 2. The van der Waals surface area contributed by atoms with Gasteiger partial charge in [-0.3, -0.25) is 4.79 Å². The first-order chi connectivity index (χ1) is 12.7. The highest BCUT2D eigenvalue weighted by Gasteiger charge is 2.20. The van der Waals surface area contributed by atoms with Crippen LogP contribution in [0.5, 0.6) is 0 Å². The summed E-state index contributed by atoms with van der Waals surface area (Å²) in [6.45, 7) is 1.33. The van der Waals surface area contributed by atoms with Gasteiger partial charge in [0.1, 0.15) is 5.82 Å². The first-order valence-electron chi connectivity index (χ1n) is 7.74. The highest BCUT2D eigenvalue weighted by atomic mass is 79.9. The van der Waals surface area contributed by atoms with E-state index in [0.29, 0.717) is 5.69 Å². The van der Waals surface area contributed by atoms with E-state index in [2.05, 4.69) is 26.0 Å². The Kier molecular flexibility index (Phi) is 7.05. The third-order valence-corrected chi connectivity index (χ3v) is 5.66. The lowest BCUT2D eigenvalue weighted by molar-refractivity contribution is -0.115. The average Bonchev–Trinajstić information content (AvgIpc) is 2.62. The smallest absolute Gasteiger partial charge is 0.338 e. The van der Waals surface area contributed by atoms with E-state index in [1.807, 2.05) is 0 Å². The van der Waals surface area contributed by atoms with Gasteiger partial charge < -0.3 is 10.1 Å². The standard InChI is InChI=1S/C17H16BrFN2O5S/c1-2-26-17(23)11-3-8-15(14(18)9-11)27(24,25)20-10-16(22)21-13-6-4-12(19)5-7-13/h3-9,20H,2,10H2,1H3,(H,21,22). The molecule has 0 fully saturated rings. The summed E-state index contributed by atoms with van der Waals surface area (Å²) in [5, 5.41) is 2.44. The Labute approximate surface area is 164 Å². The van der Waals surface area contributed by atoms with E-state index in [4.69, 9.17) is 4.74 Å². The van der Waals surface area contributed by atoms with Crippen molar-refractivity contribution in [1.29, 1.82) is 0 Å². The van der Waals surface area contributed by atoms with Gasteiger partial charge in [0.05, 0.1) is 23.6 Å². The largest absolute Gasteiger partial charge is 0.462 e. The highest BCUT2D eigenvalue weighted by molar-refractivity contribution is 9.10. The predicted octanol–water partition coefficient (Wildman–Crippen LogP) is 2.68. The Balaban J connectivity index is 2.04. The summed E-state index contributed by atoms with van der Waals surface area (Å²) in [6.07, 6.45) is 0. The molecule has 1 amide bonds. The molecule has 0 spiro atoms. The summed E-state index contributed by atoms with van der Waals surface area (Å²) >= 11 is 3.11. The van der Waals surface area contributed by atoms with Gasteiger partial charge in [-0.1, -0.05) is 0 Å². The van der Waals surface area contributed by atoms with Gasteiger partial charge in [0.25, 0.3) is 0 Å². The van der Waals surface area contributed by atoms with Crippen LogP contribution in [0, 0.1) is 5.82 Å². The predicted molar refractivity (Wildman–Crippen MR) is 100 cm³/mol. The monoisotopic (exact) mass is 458 g/mol. The molecule has 0 aliphatic carbocycles. The van der Waals surface area contributed by atoms with Gasteiger partial charge in [-0.05, 0) is 65.3 Å². The van der Waals surface area contributed by atoms with E-state index in [0.717, 1.165) is 0 Å². The number of esters is 1. The third-order valence-electron chi connectivity index (χ3n) is 3.28. The van der Waals surface area contributed by atoms with Gasteiger partial charge in [-0.15, -0.1) is 0 Å². The molecule has 0 heterocycles. The van der Waals surface area contributed by atoms with Gasteiger partial charge in [-0.2, -0.15) is 0 Å². The molecule has 27 heavy (non-hydrogen) atoms. The number of carbonyl (C=O) groups excluding carboxylic acids is 2. The number of hydrogen-bond donors (Lipinski definition) is 2. The zero-order valence-corrected chi connectivity index (χ0v) is 16.6. The molecular formula is C17H16BrFN2O5S. The highest BCUT2D eigenvalue weighted by Crippen LogP contribution is 2.23. The van der Waals surface area contributed by atoms with Gasteiger partial charge in [0, 0.05) is 10.2 Å². The normalized spacial score (nSPS) is 11.1. The summed E-state index contributed by atoms with van der Waals surface area (Å²) in [4.78, 5) is 23.4. The maximum Gasteiger partial charge on any atom is 0.338 e. The number of nitrogens with one attached hydrogen (secondary N) is 2. The van der Waals surface area contributed by atoms with Crippen LogP contribution >= 0.6 is 15.9 Å². The molecule has 0 bridgehead atoms. The van der Waals surface area contributed by atoms with Crippen LogP contribution in [-0.4, -0.2) is 33.4 Å². The molecule has 0 aromatic heterocycles. The summed E-state index contributed by atoms with van der Waals surface area (Å²) in [7, 11) is -4.01.